The van der Waals surface area contributed by atoms with E-state index in [1.165, 1.54) is 13.0 Å². The van der Waals surface area contributed by atoms with Gasteiger partial charge in [-0.15, -0.1) is 0 Å². The highest BCUT2D eigenvalue weighted by atomic mass is 16.6. The Morgan fingerprint density at radius 2 is 2.15 bits per heavy atom. The predicted octanol–water partition coefficient (Wildman–Crippen LogP) is 2.34. The highest BCUT2D eigenvalue weighted by Gasteiger charge is 2.57. The molecule has 2 heterocycles. The molecule has 1 aromatic rings. The van der Waals surface area contributed by atoms with Crippen LogP contribution in [0, 0.1) is 10.1 Å². The van der Waals surface area contributed by atoms with Crippen molar-refractivity contribution < 1.29 is 19.2 Å². The van der Waals surface area contributed by atoms with Crippen LogP contribution in [0.5, 0.6) is 5.75 Å². The van der Waals surface area contributed by atoms with E-state index in [2.05, 4.69) is 0 Å². The Balaban J connectivity index is 2.09. The fourth-order valence-corrected chi connectivity index (χ4v) is 2.74. The smallest absolute Gasteiger partial charge is 0.276 e. The fourth-order valence-electron chi connectivity index (χ4n) is 2.74. The number of benzene rings is 1. The molecule has 2 unspecified atom stereocenters. The van der Waals surface area contributed by atoms with E-state index in [-0.39, 0.29) is 30.1 Å². The maximum atomic E-state index is 11.3. The first kappa shape index (κ1) is 13.1. The van der Waals surface area contributed by atoms with Gasteiger partial charge in [-0.3, -0.25) is 14.9 Å². The van der Waals surface area contributed by atoms with E-state index in [0.29, 0.717) is 11.3 Å². The molecular weight excluding hydrogens is 262 g/mol. The second-order valence-corrected chi connectivity index (χ2v) is 5.84. The maximum absolute atomic E-state index is 11.3. The molecule has 3 rings (SSSR count). The standard InChI is InChI=1S/C14H15NO5/c1-7(16)4-8-5-9-11(6-10(8)15(17)18)20-14(2,3)13-12(9)19-13/h5-6,12-13H,4H2,1-3H3. The third-order valence-electron chi connectivity index (χ3n) is 3.70. The maximum Gasteiger partial charge on any atom is 0.276 e. The summed E-state index contributed by atoms with van der Waals surface area (Å²) >= 11 is 0. The van der Waals surface area contributed by atoms with Crippen LogP contribution in [0.25, 0.3) is 0 Å². The van der Waals surface area contributed by atoms with Gasteiger partial charge in [0, 0.05) is 17.5 Å². The molecule has 0 bridgehead atoms. The summed E-state index contributed by atoms with van der Waals surface area (Å²) < 4.78 is 11.4. The third-order valence-corrected chi connectivity index (χ3v) is 3.70. The molecule has 6 nitrogen and oxygen atoms in total. The van der Waals surface area contributed by atoms with E-state index < -0.39 is 10.5 Å². The van der Waals surface area contributed by atoms with E-state index in [1.54, 1.807) is 6.07 Å². The number of ether oxygens (including phenoxy) is 2. The summed E-state index contributed by atoms with van der Waals surface area (Å²) in [4.78, 5) is 21.9. The molecule has 0 amide bonds. The number of nitro benzene ring substituents is 1. The lowest BCUT2D eigenvalue weighted by atomic mass is 9.92. The number of fused-ring (bicyclic) bond motifs is 3. The largest absolute Gasteiger partial charge is 0.484 e. The zero-order chi connectivity index (χ0) is 14.7. The molecule has 0 aliphatic carbocycles. The Morgan fingerprint density at radius 3 is 2.75 bits per heavy atom. The van der Waals surface area contributed by atoms with Crippen molar-refractivity contribution in [2.24, 2.45) is 0 Å². The Kier molecular flexibility index (Phi) is 2.62. The topological polar surface area (TPSA) is 82.0 Å². The Morgan fingerprint density at radius 1 is 1.45 bits per heavy atom. The first-order chi connectivity index (χ1) is 9.29. The SMILES string of the molecule is CC(=O)Cc1cc2c(cc1[N+](=O)[O-])OC(C)(C)C1OC21. The zero-order valence-corrected chi connectivity index (χ0v) is 11.5. The zero-order valence-electron chi connectivity index (χ0n) is 11.5. The van der Waals surface area contributed by atoms with Crippen LogP contribution >= 0.6 is 0 Å². The number of hydrogen-bond donors (Lipinski definition) is 0. The molecule has 1 saturated heterocycles. The molecule has 6 heteroatoms. The minimum absolute atomic E-state index is 0.0263. The minimum Gasteiger partial charge on any atom is -0.484 e. The summed E-state index contributed by atoms with van der Waals surface area (Å²) in [5.74, 6) is 0.367. The van der Waals surface area contributed by atoms with Gasteiger partial charge in [0.05, 0.1) is 11.0 Å². The first-order valence-corrected chi connectivity index (χ1v) is 6.45. The van der Waals surface area contributed by atoms with Gasteiger partial charge in [0.1, 0.15) is 29.3 Å². The van der Waals surface area contributed by atoms with Crippen LogP contribution in [0.2, 0.25) is 0 Å². The molecule has 1 fully saturated rings. The highest BCUT2D eigenvalue weighted by molar-refractivity contribution is 5.79. The van der Waals surface area contributed by atoms with Crippen molar-refractivity contribution in [1.29, 1.82) is 0 Å². The lowest BCUT2D eigenvalue weighted by molar-refractivity contribution is -0.385. The van der Waals surface area contributed by atoms with Crippen LogP contribution in [-0.2, 0) is 16.0 Å². The molecule has 0 saturated carbocycles. The normalized spacial score (nSPS) is 25.1. The van der Waals surface area contributed by atoms with Crippen LogP contribution in [-0.4, -0.2) is 22.4 Å². The van der Waals surface area contributed by atoms with E-state index in [9.17, 15) is 14.9 Å². The Labute approximate surface area is 115 Å². The Hall–Kier alpha value is -1.95. The summed E-state index contributed by atoms with van der Waals surface area (Å²) in [6.07, 6.45) is -0.0634. The van der Waals surface area contributed by atoms with Gasteiger partial charge in [0.15, 0.2) is 0 Å². The molecule has 2 aliphatic rings. The van der Waals surface area contributed by atoms with E-state index in [1.807, 2.05) is 13.8 Å². The van der Waals surface area contributed by atoms with Crippen molar-refractivity contribution in [1.82, 2.24) is 0 Å². The van der Waals surface area contributed by atoms with E-state index in [4.69, 9.17) is 9.47 Å². The van der Waals surface area contributed by atoms with Gasteiger partial charge < -0.3 is 9.47 Å². The molecule has 2 atom stereocenters. The van der Waals surface area contributed by atoms with Crippen LogP contribution in [0.4, 0.5) is 5.69 Å². The number of rotatable bonds is 3. The number of epoxide rings is 1. The van der Waals surface area contributed by atoms with Gasteiger partial charge >= 0.3 is 0 Å². The summed E-state index contributed by atoms with van der Waals surface area (Å²) in [5.41, 5.74) is 0.650. The molecule has 106 valence electrons. The van der Waals surface area contributed by atoms with Crippen molar-refractivity contribution in [3.05, 3.63) is 33.4 Å². The van der Waals surface area contributed by atoms with Crippen molar-refractivity contribution in [3.8, 4) is 5.75 Å². The van der Waals surface area contributed by atoms with Crippen LogP contribution in [0.3, 0.4) is 0 Å². The Bertz CT molecular complexity index is 622. The molecule has 0 spiro atoms. The van der Waals surface area contributed by atoms with Crippen molar-refractivity contribution in [3.63, 3.8) is 0 Å². The average molecular weight is 277 g/mol. The van der Waals surface area contributed by atoms with E-state index in [0.717, 1.165) is 5.56 Å². The number of Topliss-reactive ketones (excluding diaryl/α,β-unsaturated/α-hetero) is 1. The fraction of sp³-hybridized carbons (Fsp3) is 0.500. The molecular formula is C14H15NO5. The van der Waals surface area contributed by atoms with Crippen molar-refractivity contribution in [2.75, 3.05) is 0 Å². The second-order valence-electron chi connectivity index (χ2n) is 5.84. The van der Waals surface area contributed by atoms with Crippen molar-refractivity contribution >= 4 is 11.5 Å². The van der Waals surface area contributed by atoms with Crippen molar-refractivity contribution in [2.45, 2.75) is 45.0 Å². The lowest BCUT2D eigenvalue weighted by Gasteiger charge is -2.29. The van der Waals surface area contributed by atoms with Crippen LogP contribution in [0.1, 0.15) is 38.0 Å². The molecule has 20 heavy (non-hydrogen) atoms. The monoisotopic (exact) mass is 277 g/mol. The number of carbonyl (C=O) groups excluding carboxylic acids is 1. The van der Waals surface area contributed by atoms with E-state index >= 15 is 0 Å². The lowest BCUT2D eigenvalue weighted by Crippen LogP contribution is -2.37. The molecule has 0 aromatic heterocycles. The summed E-state index contributed by atoms with van der Waals surface area (Å²) in [7, 11) is 0. The first-order valence-electron chi connectivity index (χ1n) is 6.45. The molecule has 0 radical (unpaired) electrons. The summed E-state index contributed by atoms with van der Waals surface area (Å²) in [6.45, 7) is 5.21. The highest BCUT2D eigenvalue weighted by Crippen LogP contribution is 2.54. The third kappa shape index (κ3) is 1.96. The van der Waals surface area contributed by atoms with Gasteiger partial charge in [-0.05, 0) is 26.8 Å². The number of nitro groups is 1. The number of carbonyl (C=O) groups is 1. The number of ketones is 1. The van der Waals surface area contributed by atoms with Crippen LogP contribution in [0.15, 0.2) is 12.1 Å². The van der Waals surface area contributed by atoms with Gasteiger partial charge in [-0.2, -0.15) is 0 Å². The number of hydrogen-bond acceptors (Lipinski definition) is 5. The minimum atomic E-state index is -0.492. The molecule has 1 aromatic carbocycles. The second kappa shape index (κ2) is 4.02. The predicted molar refractivity (Wildman–Crippen MR) is 69.8 cm³/mol. The molecule has 2 aliphatic heterocycles. The van der Waals surface area contributed by atoms with Crippen LogP contribution < -0.4 is 4.74 Å². The summed E-state index contributed by atoms with van der Waals surface area (Å²) in [5, 5.41) is 11.1. The average Bonchev–Trinajstić information content (AvgIpc) is 3.09. The quantitative estimate of drug-likeness (QED) is 0.481. The van der Waals surface area contributed by atoms with Gasteiger partial charge in [0.25, 0.3) is 5.69 Å². The number of nitrogens with zero attached hydrogens (tertiary/aromatic N) is 1. The van der Waals surface area contributed by atoms with Gasteiger partial charge in [-0.25, -0.2) is 0 Å². The van der Waals surface area contributed by atoms with Gasteiger partial charge in [0.2, 0.25) is 0 Å². The molecule has 0 N–H and O–H groups in total. The summed E-state index contributed by atoms with van der Waals surface area (Å²) in [6, 6.07) is 3.09. The van der Waals surface area contributed by atoms with Gasteiger partial charge in [-0.1, -0.05) is 0 Å².